The molecule has 0 aromatic heterocycles. The summed E-state index contributed by atoms with van der Waals surface area (Å²) in [5.74, 6) is 2.30. The van der Waals surface area contributed by atoms with Crippen molar-refractivity contribution >= 4 is 17.6 Å². The molecule has 6 heteroatoms. The molecule has 5 nitrogen and oxygen atoms in total. The van der Waals surface area contributed by atoms with E-state index in [0.717, 1.165) is 44.4 Å². The first kappa shape index (κ1) is 18.9. The molecule has 2 atom stereocenters. The van der Waals surface area contributed by atoms with Crippen LogP contribution in [0.1, 0.15) is 20.3 Å². The molecule has 134 valence electrons. The van der Waals surface area contributed by atoms with E-state index in [4.69, 9.17) is 21.1 Å². The third-order valence-electron chi connectivity index (χ3n) is 4.04. The molecule has 1 heterocycles. The van der Waals surface area contributed by atoms with Crippen LogP contribution in [0, 0.1) is 5.92 Å². The van der Waals surface area contributed by atoms with Gasteiger partial charge >= 0.3 is 0 Å². The fourth-order valence-corrected chi connectivity index (χ4v) is 3.01. The molecule has 1 aromatic carbocycles. The molecule has 1 aliphatic heterocycles. The molecule has 1 N–H and O–H groups in total. The van der Waals surface area contributed by atoms with Gasteiger partial charge in [-0.3, -0.25) is 4.99 Å². The lowest BCUT2D eigenvalue weighted by Crippen LogP contribution is -2.43. The Morgan fingerprint density at radius 1 is 1.50 bits per heavy atom. The summed E-state index contributed by atoms with van der Waals surface area (Å²) in [6, 6.07) is 7.46. The predicted octanol–water partition coefficient (Wildman–Crippen LogP) is 3.04. The van der Waals surface area contributed by atoms with Gasteiger partial charge in [-0.2, -0.15) is 0 Å². The van der Waals surface area contributed by atoms with Crippen molar-refractivity contribution in [3.63, 3.8) is 0 Å². The number of guanidine groups is 1. The maximum Gasteiger partial charge on any atom is 0.193 e. The molecule has 24 heavy (non-hydrogen) atoms. The Kier molecular flexibility index (Phi) is 7.66. The fraction of sp³-hybridized carbons (Fsp3) is 0.611. The highest BCUT2D eigenvalue weighted by molar-refractivity contribution is 6.30. The number of benzene rings is 1. The van der Waals surface area contributed by atoms with E-state index in [-0.39, 0.29) is 6.10 Å². The second-order valence-electron chi connectivity index (χ2n) is 6.07. The van der Waals surface area contributed by atoms with Gasteiger partial charge in [-0.25, -0.2) is 0 Å². The summed E-state index contributed by atoms with van der Waals surface area (Å²) in [6.45, 7) is 8.37. The van der Waals surface area contributed by atoms with Crippen LogP contribution < -0.4 is 10.1 Å². The van der Waals surface area contributed by atoms with E-state index < -0.39 is 0 Å². The molecule has 1 aliphatic rings. The minimum Gasteiger partial charge on any atom is -0.489 e. The predicted molar refractivity (Wildman–Crippen MR) is 99.1 cm³/mol. The average Bonchev–Trinajstić information content (AvgIpc) is 3.02. The number of nitrogens with one attached hydrogen (secondary N) is 1. The van der Waals surface area contributed by atoms with Crippen molar-refractivity contribution in [3.8, 4) is 5.75 Å². The molecule has 0 radical (unpaired) electrons. The van der Waals surface area contributed by atoms with Gasteiger partial charge in [-0.1, -0.05) is 17.7 Å². The van der Waals surface area contributed by atoms with E-state index in [9.17, 15) is 0 Å². The highest BCUT2D eigenvalue weighted by Crippen LogP contribution is 2.19. The van der Waals surface area contributed by atoms with Crippen molar-refractivity contribution in [3.05, 3.63) is 29.3 Å². The molecule has 1 aromatic rings. The topological polar surface area (TPSA) is 46.1 Å². The second kappa shape index (κ2) is 9.74. The van der Waals surface area contributed by atoms with Gasteiger partial charge < -0.3 is 19.7 Å². The summed E-state index contributed by atoms with van der Waals surface area (Å²) in [4.78, 5) is 6.68. The molecule has 0 amide bonds. The quantitative estimate of drug-likeness (QED) is 0.604. The van der Waals surface area contributed by atoms with Gasteiger partial charge in [-0.05, 0) is 38.5 Å². The zero-order valence-electron chi connectivity index (χ0n) is 14.8. The van der Waals surface area contributed by atoms with Gasteiger partial charge in [0.05, 0.1) is 13.2 Å². The van der Waals surface area contributed by atoms with Crippen LogP contribution in [0.5, 0.6) is 5.75 Å². The minimum atomic E-state index is 0.0158. The molecule has 1 saturated heterocycles. The van der Waals surface area contributed by atoms with Gasteiger partial charge in [0.2, 0.25) is 0 Å². The van der Waals surface area contributed by atoms with Crippen molar-refractivity contribution < 1.29 is 9.47 Å². The Balaban J connectivity index is 1.77. The van der Waals surface area contributed by atoms with E-state index in [0.29, 0.717) is 17.5 Å². The van der Waals surface area contributed by atoms with Crippen LogP contribution >= 0.6 is 11.6 Å². The summed E-state index contributed by atoms with van der Waals surface area (Å²) in [6.07, 6.45) is 1.16. The minimum absolute atomic E-state index is 0.0158. The average molecular weight is 354 g/mol. The van der Waals surface area contributed by atoms with Gasteiger partial charge in [-0.15, -0.1) is 0 Å². The highest BCUT2D eigenvalue weighted by Gasteiger charge is 2.25. The normalized spacial score (nSPS) is 19.4. The van der Waals surface area contributed by atoms with Crippen molar-refractivity contribution in [2.75, 3.05) is 39.9 Å². The van der Waals surface area contributed by atoms with Gasteiger partial charge in [0.15, 0.2) is 5.96 Å². The third kappa shape index (κ3) is 5.87. The number of aliphatic imine (C=N–C) groups is 1. The number of halogens is 1. The number of nitrogens with zero attached hydrogens (tertiary/aromatic N) is 2. The van der Waals surface area contributed by atoms with Gasteiger partial charge in [0.25, 0.3) is 0 Å². The monoisotopic (exact) mass is 353 g/mol. The van der Waals surface area contributed by atoms with Gasteiger partial charge in [0.1, 0.15) is 11.9 Å². The molecule has 0 spiro atoms. The largest absolute Gasteiger partial charge is 0.489 e. The smallest absolute Gasteiger partial charge is 0.193 e. The lowest BCUT2D eigenvalue weighted by Gasteiger charge is -2.23. The highest BCUT2D eigenvalue weighted by atomic mass is 35.5. The number of hydrogen-bond donors (Lipinski definition) is 1. The van der Waals surface area contributed by atoms with Crippen molar-refractivity contribution in [1.29, 1.82) is 0 Å². The van der Waals surface area contributed by atoms with Crippen LogP contribution in [0.3, 0.4) is 0 Å². The van der Waals surface area contributed by atoms with E-state index in [1.54, 1.807) is 0 Å². The number of ether oxygens (including phenoxy) is 2. The zero-order valence-corrected chi connectivity index (χ0v) is 15.6. The summed E-state index contributed by atoms with van der Waals surface area (Å²) in [5, 5.41) is 4.08. The SMILES string of the molecule is CCOCC1CCN(C(=NC)NCC(C)Oc2cccc(Cl)c2)C1. The summed E-state index contributed by atoms with van der Waals surface area (Å²) in [7, 11) is 1.82. The Morgan fingerprint density at radius 2 is 2.33 bits per heavy atom. The van der Waals surface area contributed by atoms with Crippen LogP contribution in [-0.2, 0) is 4.74 Å². The van der Waals surface area contributed by atoms with Crippen LogP contribution in [0.25, 0.3) is 0 Å². The molecular formula is C18H28ClN3O2. The molecule has 0 saturated carbocycles. The maximum atomic E-state index is 5.98. The molecule has 0 bridgehead atoms. The van der Waals surface area contributed by atoms with Crippen LogP contribution in [0.2, 0.25) is 5.02 Å². The summed E-state index contributed by atoms with van der Waals surface area (Å²) < 4.78 is 11.4. The molecule has 2 unspecified atom stereocenters. The standard InChI is InChI=1S/C18H28ClN3O2/c1-4-23-13-15-8-9-22(12-15)18(20-3)21-11-14(2)24-17-7-5-6-16(19)10-17/h5-7,10,14-15H,4,8-9,11-13H2,1-3H3,(H,20,21). The van der Waals surface area contributed by atoms with Crippen molar-refractivity contribution in [2.24, 2.45) is 10.9 Å². The Labute approximate surface area is 150 Å². The Hall–Kier alpha value is -1.46. The van der Waals surface area contributed by atoms with Crippen LogP contribution in [0.4, 0.5) is 0 Å². The van der Waals surface area contributed by atoms with E-state index >= 15 is 0 Å². The van der Waals surface area contributed by atoms with E-state index in [1.807, 2.05) is 45.2 Å². The molecular weight excluding hydrogens is 326 g/mol. The summed E-state index contributed by atoms with van der Waals surface area (Å²) in [5.41, 5.74) is 0. The first-order valence-electron chi connectivity index (χ1n) is 8.58. The number of rotatable bonds is 7. The Bertz CT molecular complexity index is 539. The lowest BCUT2D eigenvalue weighted by molar-refractivity contribution is 0.114. The van der Waals surface area contributed by atoms with E-state index in [2.05, 4.69) is 15.2 Å². The van der Waals surface area contributed by atoms with Crippen molar-refractivity contribution in [2.45, 2.75) is 26.4 Å². The van der Waals surface area contributed by atoms with Crippen LogP contribution in [0.15, 0.2) is 29.3 Å². The van der Waals surface area contributed by atoms with Gasteiger partial charge in [0, 0.05) is 37.7 Å². The van der Waals surface area contributed by atoms with Crippen molar-refractivity contribution in [1.82, 2.24) is 10.2 Å². The molecule has 2 rings (SSSR count). The summed E-state index contributed by atoms with van der Waals surface area (Å²) >= 11 is 5.98. The number of hydrogen-bond acceptors (Lipinski definition) is 3. The molecule has 0 aliphatic carbocycles. The lowest BCUT2D eigenvalue weighted by atomic mass is 10.1. The fourth-order valence-electron chi connectivity index (χ4n) is 2.83. The third-order valence-corrected chi connectivity index (χ3v) is 4.27. The maximum absolute atomic E-state index is 5.98. The molecule has 1 fully saturated rings. The first-order chi connectivity index (χ1) is 11.6. The van der Waals surface area contributed by atoms with E-state index in [1.165, 1.54) is 0 Å². The Morgan fingerprint density at radius 3 is 3.04 bits per heavy atom. The van der Waals surface area contributed by atoms with Crippen LogP contribution in [-0.4, -0.2) is 56.9 Å². The zero-order chi connectivity index (χ0) is 17.4. The first-order valence-corrected chi connectivity index (χ1v) is 8.95. The second-order valence-corrected chi connectivity index (χ2v) is 6.51. The number of likely N-dealkylation sites (tertiary alicyclic amines) is 1.